The Bertz CT molecular complexity index is 288. The van der Waals surface area contributed by atoms with E-state index in [1.54, 1.807) is 6.92 Å². The Morgan fingerprint density at radius 1 is 1.17 bits per heavy atom. The highest BCUT2D eigenvalue weighted by molar-refractivity contribution is 5.85. The van der Waals surface area contributed by atoms with Crippen LogP contribution >= 0.6 is 0 Å². The lowest BCUT2D eigenvalue weighted by molar-refractivity contribution is -0.132. The van der Waals surface area contributed by atoms with Crippen molar-refractivity contribution in [3.8, 4) is 0 Å². The molecule has 0 spiro atoms. The normalized spacial score (nSPS) is 18.5. The summed E-state index contributed by atoms with van der Waals surface area (Å²) in [4.78, 5) is 25.6. The molecule has 0 aromatic heterocycles. The smallest absolute Gasteiger partial charge is 0.239 e. The highest BCUT2D eigenvalue weighted by Crippen LogP contribution is 2.09. The molecule has 0 saturated carbocycles. The Balaban J connectivity index is 2.35. The third kappa shape index (κ3) is 4.29. The van der Waals surface area contributed by atoms with Gasteiger partial charge in [0.05, 0.1) is 12.1 Å². The van der Waals surface area contributed by atoms with Crippen LogP contribution in [0.15, 0.2) is 0 Å². The van der Waals surface area contributed by atoms with Crippen LogP contribution in [0.5, 0.6) is 0 Å². The van der Waals surface area contributed by atoms with Gasteiger partial charge in [0.15, 0.2) is 0 Å². The van der Waals surface area contributed by atoms with Crippen LogP contribution in [0.4, 0.5) is 0 Å². The second-order valence-corrected chi connectivity index (χ2v) is 4.93. The van der Waals surface area contributed by atoms with Crippen molar-refractivity contribution in [2.75, 3.05) is 19.6 Å². The van der Waals surface area contributed by atoms with E-state index < -0.39 is 0 Å². The SMILES string of the molecule is CCCNC(=O)C(C)NC(C)C(=O)N1CCCC1. The van der Waals surface area contributed by atoms with Crippen molar-refractivity contribution < 1.29 is 9.59 Å². The van der Waals surface area contributed by atoms with Gasteiger partial charge in [0, 0.05) is 19.6 Å². The molecule has 1 aliphatic heterocycles. The first-order valence-corrected chi connectivity index (χ1v) is 6.88. The molecule has 1 saturated heterocycles. The molecular formula is C13H25N3O2. The van der Waals surface area contributed by atoms with Crippen molar-refractivity contribution in [3.63, 3.8) is 0 Å². The number of carbonyl (C=O) groups excluding carboxylic acids is 2. The highest BCUT2D eigenvalue weighted by Gasteiger charge is 2.25. The third-order valence-corrected chi connectivity index (χ3v) is 3.23. The Morgan fingerprint density at radius 2 is 1.78 bits per heavy atom. The number of amides is 2. The molecule has 18 heavy (non-hydrogen) atoms. The molecule has 0 bridgehead atoms. The van der Waals surface area contributed by atoms with Crippen molar-refractivity contribution in [2.24, 2.45) is 0 Å². The lowest BCUT2D eigenvalue weighted by Crippen LogP contribution is -2.51. The Kier molecular flexibility index (Phi) is 6.12. The molecule has 104 valence electrons. The fourth-order valence-corrected chi connectivity index (χ4v) is 2.13. The van der Waals surface area contributed by atoms with Gasteiger partial charge in [-0.05, 0) is 33.1 Å². The van der Waals surface area contributed by atoms with Gasteiger partial charge in [-0.25, -0.2) is 0 Å². The first kappa shape index (κ1) is 15.0. The zero-order valence-corrected chi connectivity index (χ0v) is 11.7. The van der Waals surface area contributed by atoms with Crippen LogP contribution < -0.4 is 10.6 Å². The van der Waals surface area contributed by atoms with Gasteiger partial charge in [0.1, 0.15) is 0 Å². The van der Waals surface area contributed by atoms with Crippen LogP contribution in [-0.2, 0) is 9.59 Å². The molecule has 5 nitrogen and oxygen atoms in total. The summed E-state index contributed by atoms with van der Waals surface area (Å²) in [5.41, 5.74) is 0. The molecule has 1 heterocycles. The van der Waals surface area contributed by atoms with E-state index in [-0.39, 0.29) is 23.9 Å². The summed E-state index contributed by atoms with van der Waals surface area (Å²) in [5, 5.41) is 5.88. The first-order valence-electron chi connectivity index (χ1n) is 6.88. The predicted octanol–water partition coefficient (Wildman–Crippen LogP) is 0.502. The molecule has 0 aliphatic carbocycles. The summed E-state index contributed by atoms with van der Waals surface area (Å²) in [6.07, 6.45) is 3.09. The van der Waals surface area contributed by atoms with Crippen molar-refractivity contribution in [1.29, 1.82) is 0 Å². The summed E-state index contributed by atoms with van der Waals surface area (Å²) in [6, 6.07) is -0.636. The molecule has 5 heteroatoms. The Morgan fingerprint density at radius 3 is 2.33 bits per heavy atom. The third-order valence-electron chi connectivity index (χ3n) is 3.23. The summed E-state index contributed by atoms with van der Waals surface area (Å²) in [6.45, 7) is 8.00. The van der Waals surface area contributed by atoms with E-state index in [4.69, 9.17) is 0 Å². The van der Waals surface area contributed by atoms with Crippen LogP contribution in [0, 0.1) is 0 Å². The summed E-state index contributed by atoms with van der Waals surface area (Å²) in [7, 11) is 0. The molecule has 0 aromatic carbocycles. The van der Waals surface area contributed by atoms with Crippen molar-refractivity contribution in [1.82, 2.24) is 15.5 Å². The standard InChI is InChI=1S/C13H25N3O2/c1-4-7-14-12(17)10(2)15-11(3)13(18)16-8-5-6-9-16/h10-11,15H,4-9H2,1-3H3,(H,14,17). The highest BCUT2D eigenvalue weighted by atomic mass is 16.2. The lowest BCUT2D eigenvalue weighted by Gasteiger charge is -2.23. The molecule has 0 radical (unpaired) electrons. The maximum Gasteiger partial charge on any atom is 0.239 e. The van der Waals surface area contributed by atoms with E-state index in [0.717, 1.165) is 32.4 Å². The number of rotatable bonds is 6. The summed E-state index contributed by atoms with van der Waals surface area (Å²) in [5.74, 6) is 0.0561. The lowest BCUT2D eigenvalue weighted by atomic mass is 10.2. The fraction of sp³-hybridized carbons (Fsp3) is 0.846. The Labute approximate surface area is 109 Å². The minimum Gasteiger partial charge on any atom is -0.355 e. The molecule has 1 rings (SSSR count). The molecule has 0 aromatic rings. The van der Waals surface area contributed by atoms with Crippen LogP contribution in [0.2, 0.25) is 0 Å². The number of carbonyl (C=O) groups is 2. The van der Waals surface area contributed by atoms with Crippen LogP contribution in [0.1, 0.15) is 40.0 Å². The van der Waals surface area contributed by atoms with Crippen molar-refractivity contribution in [2.45, 2.75) is 52.1 Å². The maximum absolute atomic E-state index is 12.0. The second-order valence-electron chi connectivity index (χ2n) is 4.93. The first-order chi connectivity index (χ1) is 8.56. The van der Waals surface area contributed by atoms with Gasteiger partial charge in [0.2, 0.25) is 11.8 Å². The van der Waals surface area contributed by atoms with E-state index in [1.807, 2.05) is 18.7 Å². The minimum absolute atomic E-state index is 0.0436. The molecule has 2 N–H and O–H groups in total. The van der Waals surface area contributed by atoms with Crippen LogP contribution in [0.25, 0.3) is 0 Å². The Hall–Kier alpha value is -1.10. The summed E-state index contributed by atoms with van der Waals surface area (Å²) >= 11 is 0. The van der Waals surface area contributed by atoms with Gasteiger partial charge >= 0.3 is 0 Å². The van der Waals surface area contributed by atoms with Crippen LogP contribution in [-0.4, -0.2) is 48.4 Å². The molecule has 1 aliphatic rings. The monoisotopic (exact) mass is 255 g/mol. The average Bonchev–Trinajstić information content (AvgIpc) is 2.88. The van der Waals surface area contributed by atoms with E-state index in [2.05, 4.69) is 10.6 Å². The number of nitrogens with zero attached hydrogens (tertiary/aromatic N) is 1. The second kappa shape index (κ2) is 7.36. The van der Waals surface area contributed by atoms with Gasteiger partial charge < -0.3 is 10.2 Å². The van der Waals surface area contributed by atoms with E-state index >= 15 is 0 Å². The van der Waals surface area contributed by atoms with E-state index in [9.17, 15) is 9.59 Å². The number of likely N-dealkylation sites (tertiary alicyclic amines) is 1. The molecule has 2 atom stereocenters. The van der Waals surface area contributed by atoms with E-state index in [0.29, 0.717) is 6.54 Å². The average molecular weight is 255 g/mol. The van der Waals surface area contributed by atoms with Gasteiger partial charge in [-0.1, -0.05) is 6.92 Å². The zero-order chi connectivity index (χ0) is 13.5. The zero-order valence-electron chi connectivity index (χ0n) is 11.7. The quantitative estimate of drug-likeness (QED) is 0.726. The van der Waals surface area contributed by atoms with Gasteiger partial charge in [0.25, 0.3) is 0 Å². The topological polar surface area (TPSA) is 61.4 Å². The van der Waals surface area contributed by atoms with Crippen molar-refractivity contribution >= 4 is 11.8 Å². The maximum atomic E-state index is 12.0. The molecule has 2 amide bonds. The molecule has 1 fully saturated rings. The van der Waals surface area contributed by atoms with Gasteiger partial charge in [-0.3, -0.25) is 14.9 Å². The van der Waals surface area contributed by atoms with Gasteiger partial charge in [-0.2, -0.15) is 0 Å². The van der Waals surface area contributed by atoms with Gasteiger partial charge in [-0.15, -0.1) is 0 Å². The number of hydrogen-bond donors (Lipinski definition) is 2. The summed E-state index contributed by atoms with van der Waals surface area (Å²) < 4.78 is 0. The molecule has 2 unspecified atom stereocenters. The number of hydrogen-bond acceptors (Lipinski definition) is 3. The molecular weight excluding hydrogens is 230 g/mol. The van der Waals surface area contributed by atoms with Crippen LogP contribution in [0.3, 0.4) is 0 Å². The predicted molar refractivity (Wildman–Crippen MR) is 71.2 cm³/mol. The van der Waals surface area contributed by atoms with Crippen molar-refractivity contribution in [3.05, 3.63) is 0 Å². The fourth-order valence-electron chi connectivity index (χ4n) is 2.13. The largest absolute Gasteiger partial charge is 0.355 e. The van der Waals surface area contributed by atoms with E-state index in [1.165, 1.54) is 0 Å². The minimum atomic E-state index is -0.335. The number of nitrogens with one attached hydrogen (secondary N) is 2.